The zero-order chi connectivity index (χ0) is 22.5. The molecule has 0 spiro atoms. The highest BCUT2D eigenvalue weighted by molar-refractivity contribution is 5.99. The number of pyridine rings is 2. The van der Waals surface area contributed by atoms with Crippen molar-refractivity contribution >= 4 is 22.7 Å². The van der Waals surface area contributed by atoms with Crippen molar-refractivity contribution in [1.82, 2.24) is 9.97 Å². The van der Waals surface area contributed by atoms with Crippen LogP contribution < -0.4 is 9.64 Å². The molecule has 0 aliphatic carbocycles. The molecule has 0 unspecified atom stereocenters. The van der Waals surface area contributed by atoms with Crippen LogP contribution in [0.5, 0.6) is 5.75 Å². The summed E-state index contributed by atoms with van der Waals surface area (Å²) in [5.41, 5.74) is 3.17. The smallest absolute Gasteiger partial charge is 0.342 e. The van der Waals surface area contributed by atoms with Gasteiger partial charge in [-0.25, -0.2) is 9.78 Å². The number of benzene rings is 2. The van der Waals surface area contributed by atoms with E-state index in [-0.39, 0.29) is 12.6 Å². The number of anilines is 1. The fraction of sp³-hybridized carbons (Fsp3) is 0.222. The van der Waals surface area contributed by atoms with Gasteiger partial charge in [-0.05, 0) is 54.8 Å². The molecule has 2 aromatic carbocycles. The minimum Gasteiger partial charge on any atom is -0.487 e. The monoisotopic (exact) mass is 439 g/mol. The molecule has 1 aliphatic heterocycles. The minimum absolute atomic E-state index is 0.186. The van der Waals surface area contributed by atoms with E-state index in [1.54, 1.807) is 6.20 Å². The highest BCUT2D eigenvalue weighted by Crippen LogP contribution is 2.27. The number of hydrogen-bond donors (Lipinski definition) is 0. The molecule has 2 aromatic heterocycles. The van der Waals surface area contributed by atoms with Gasteiger partial charge in [-0.1, -0.05) is 36.4 Å². The van der Waals surface area contributed by atoms with Gasteiger partial charge < -0.3 is 14.4 Å². The Kier molecular flexibility index (Phi) is 6.15. The molecule has 1 aliphatic rings. The van der Waals surface area contributed by atoms with E-state index in [0.29, 0.717) is 12.2 Å². The number of fused-ring (bicyclic) bond motifs is 1. The van der Waals surface area contributed by atoms with Crippen molar-refractivity contribution in [1.29, 1.82) is 0 Å². The predicted octanol–water partition coefficient (Wildman–Crippen LogP) is 5.17. The number of rotatable bonds is 7. The normalized spacial score (nSPS) is 13.3. The van der Waals surface area contributed by atoms with Gasteiger partial charge in [0.15, 0.2) is 0 Å². The summed E-state index contributed by atoms with van der Waals surface area (Å²) in [5.74, 6) is 1.10. The summed E-state index contributed by atoms with van der Waals surface area (Å²) >= 11 is 0. The standard InChI is InChI=1S/C27H25N3O3/c31-27(24-17-21-7-1-2-9-25(21)29-26(24)30-15-5-6-16-30)33-18-20-10-12-23(13-11-20)32-19-22-8-3-4-14-28-22/h1-4,7-14,17H,5-6,15-16,18-19H2. The number of hydrogen-bond acceptors (Lipinski definition) is 6. The Morgan fingerprint density at radius 3 is 2.48 bits per heavy atom. The fourth-order valence-corrected chi connectivity index (χ4v) is 3.98. The fourth-order valence-electron chi connectivity index (χ4n) is 3.98. The van der Waals surface area contributed by atoms with Crippen molar-refractivity contribution in [3.05, 3.63) is 95.8 Å². The Morgan fingerprint density at radius 1 is 0.909 bits per heavy atom. The number of ether oxygens (including phenoxy) is 2. The van der Waals surface area contributed by atoms with Crippen LogP contribution in [0, 0.1) is 0 Å². The Balaban J connectivity index is 1.26. The maximum absolute atomic E-state index is 13.0. The van der Waals surface area contributed by atoms with Crippen LogP contribution in [0.15, 0.2) is 79.0 Å². The lowest BCUT2D eigenvalue weighted by Gasteiger charge is -2.20. The quantitative estimate of drug-likeness (QED) is 0.370. The molecule has 0 N–H and O–H groups in total. The van der Waals surface area contributed by atoms with E-state index in [0.717, 1.165) is 59.7 Å². The molecule has 33 heavy (non-hydrogen) atoms. The third-order valence-corrected chi connectivity index (χ3v) is 5.74. The van der Waals surface area contributed by atoms with Gasteiger partial charge in [0.25, 0.3) is 0 Å². The summed E-state index contributed by atoms with van der Waals surface area (Å²) in [5, 5.41) is 0.932. The van der Waals surface area contributed by atoms with Crippen LogP contribution >= 0.6 is 0 Å². The van der Waals surface area contributed by atoms with E-state index in [9.17, 15) is 4.79 Å². The highest BCUT2D eigenvalue weighted by Gasteiger charge is 2.23. The molecule has 166 valence electrons. The molecule has 0 bridgehead atoms. The largest absolute Gasteiger partial charge is 0.487 e. The lowest BCUT2D eigenvalue weighted by atomic mass is 10.1. The predicted molar refractivity (Wildman–Crippen MR) is 127 cm³/mol. The molecule has 3 heterocycles. The molecule has 6 heteroatoms. The first-order valence-electron chi connectivity index (χ1n) is 11.2. The van der Waals surface area contributed by atoms with Crippen LogP contribution in [-0.2, 0) is 18.0 Å². The van der Waals surface area contributed by atoms with Crippen molar-refractivity contribution in [2.24, 2.45) is 0 Å². The average molecular weight is 440 g/mol. The molecule has 1 saturated heterocycles. The van der Waals surface area contributed by atoms with Gasteiger partial charge in [-0.15, -0.1) is 0 Å². The van der Waals surface area contributed by atoms with Crippen LogP contribution in [0.2, 0.25) is 0 Å². The van der Waals surface area contributed by atoms with Gasteiger partial charge in [0, 0.05) is 24.7 Å². The molecule has 6 nitrogen and oxygen atoms in total. The second-order valence-electron chi connectivity index (χ2n) is 8.08. The molecular weight excluding hydrogens is 414 g/mol. The number of nitrogens with zero attached hydrogens (tertiary/aromatic N) is 3. The molecule has 1 fully saturated rings. The number of carbonyl (C=O) groups is 1. The van der Waals surface area contributed by atoms with Crippen molar-refractivity contribution in [2.45, 2.75) is 26.1 Å². The number of aromatic nitrogens is 2. The van der Waals surface area contributed by atoms with Crippen LogP contribution in [-0.4, -0.2) is 29.0 Å². The maximum atomic E-state index is 13.0. The van der Waals surface area contributed by atoms with E-state index in [2.05, 4.69) is 9.88 Å². The van der Waals surface area contributed by atoms with E-state index in [1.165, 1.54) is 0 Å². The Bertz CT molecular complexity index is 1240. The zero-order valence-electron chi connectivity index (χ0n) is 18.3. The summed E-state index contributed by atoms with van der Waals surface area (Å²) in [6.45, 7) is 2.41. The Hall–Kier alpha value is -3.93. The molecule has 0 saturated carbocycles. The summed E-state index contributed by atoms with van der Waals surface area (Å²) in [6.07, 6.45) is 3.96. The van der Waals surface area contributed by atoms with Crippen LogP contribution in [0.4, 0.5) is 5.82 Å². The summed E-state index contributed by atoms with van der Waals surface area (Å²) < 4.78 is 11.4. The molecular formula is C27H25N3O3. The third kappa shape index (κ3) is 4.95. The topological polar surface area (TPSA) is 64.5 Å². The first-order valence-corrected chi connectivity index (χ1v) is 11.2. The van der Waals surface area contributed by atoms with Crippen LogP contribution in [0.3, 0.4) is 0 Å². The molecule has 4 aromatic rings. The van der Waals surface area contributed by atoms with E-state index in [4.69, 9.17) is 14.5 Å². The molecule has 0 amide bonds. The van der Waals surface area contributed by atoms with E-state index >= 15 is 0 Å². The third-order valence-electron chi connectivity index (χ3n) is 5.74. The summed E-state index contributed by atoms with van der Waals surface area (Å²) in [6, 6.07) is 23.0. The summed E-state index contributed by atoms with van der Waals surface area (Å²) in [4.78, 5) is 24.3. The van der Waals surface area contributed by atoms with Gasteiger partial charge in [0.1, 0.15) is 30.3 Å². The van der Waals surface area contributed by atoms with Gasteiger partial charge >= 0.3 is 5.97 Å². The van der Waals surface area contributed by atoms with Crippen molar-refractivity contribution in [2.75, 3.05) is 18.0 Å². The van der Waals surface area contributed by atoms with E-state index < -0.39 is 0 Å². The molecule has 0 radical (unpaired) electrons. The van der Waals surface area contributed by atoms with Crippen molar-refractivity contribution < 1.29 is 14.3 Å². The number of esters is 1. The Morgan fingerprint density at radius 2 is 1.70 bits per heavy atom. The van der Waals surface area contributed by atoms with E-state index in [1.807, 2.05) is 72.8 Å². The second kappa shape index (κ2) is 9.69. The first-order chi connectivity index (χ1) is 16.3. The van der Waals surface area contributed by atoms with Crippen molar-refractivity contribution in [3.8, 4) is 5.75 Å². The Labute approximate surface area is 192 Å². The summed E-state index contributed by atoms with van der Waals surface area (Å²) in [7, 11) is 0. The molecule has 5 rings (SSSR count). The van der Waals surface area contributed by atoms with Gasteiger partial charge in [-0.2, -0.15) is 0 Å². The number of carbonyl (C=O) groups excluding carboxylic acids is 1. The van der Waals surface area contributed by atoms with Crippen molar-refractivity contribution in [3.63, 3.8) is 0 Å². The lowest BCUT2D eigenvalue weighted by molar-refractivity contribution is 0.0473. The lowest BCUT2D eigenvalue weighted by Crippen LogP contribution is -2.23. The van der Waals surface area contributed by atoms with Gasteiger partial charge in [0.05, 0.1) is 11.2 Å². The second-order valence-corrected chi connectivity index (χ2v) is 8.08. The number of para-hydroxylation sites is 1. The average Bonchev–Trinajstić information content (AvgIpc) is 3.41. The highest BCUT2D eigenvalue weighted by atomic mass is 16.5. The van der Waals surface area contributed by atoms with Gasteiger partial charge in [-0.3, -0.25) is 4.98 Å². The first kappa shape index (κ1) is 20.9. The van der Waals surface area contributed by atoms with Crippen LogP contribution in [0.1, 0.15) is 34.5 Å². The minimum atomic E-state index is -0.356. The molecule has 0 atom stereocenters. The van der Waals surface area contributed by atoms with Crippen LogP contribution in [0.25, 0.3) is 10.9 Å². The zero-order valence-corrected chi connectivity index (χ0v) is 18.3. The maximum Gasteiger partial charge on any atom is 0.342 e. The SMILES string of the molecule is O=C(OCc1ccc(OCc2ccccn2)cc1)c1cc2ccccc2nc1N1CCCC1. The van der Waals surface area contributed by atoms with Gasteiger partial charge in [0.2, 0.25) is 0 Å².